The predicted octanol–water partition coefficient (Wildman–Crippen LogP) is 10.7. The Morgan fingerprint density at radius 3 is 1.76 bits per heavy atom. The van der Waals surface area contributed by atoms with Crippen LogP contribution in [0.3, 0.4) is 0 Å². The average Bonchev–Trinajstić information content (AvgIpc) is 3.02. The van der Waals surface area contributed by atoms with Crippen LogP contribution in [0.1, 0.15) is 116 Å². The smallest absolute Gasteiger partial charge is 0.108 e. The highest BCUT2D eigenvalue weighted by atomic mass is 16.5. The van der Waals surface area contributed by atoms with E-state index in [0.29, 0.717) is 19.8 Å². The highest BCUT2D eigenvalue weighted by Crippen LogP contribution is 2.35. The van der Waals surface area contributed by atoms with Gasteiger partial charge in [-0.3, -0.25) is 0 Å². The Balaban J connectivity index is 2.12. The molecule has 0 fully saturated rings. The van der Waals surface area contributed by atoms with Crippen molar-refractivity contribution >= 4 is 18.2 Å². The molecule has 0 spiro atoms. The number of ether oxygens (including phenoxy) is 3. The van der Waals surface area contributed by atoms with Gasteiger partial charge in [-0.05, 0) is 100 Å². The second-order valence-corrected chi connectivity index (χ2v) is 10.8. The summed E-state index contributed by atoms with van der Waals surface area (Å²) in [5.41, 5.74) is 8.69. The molecular weight excluding hydrogens is 516 g/mol. The van der Waals surface area contributed by atoms with E-state index in [4.69, 9.17) is 14.2 Å². The molecule has 0 aliphatic carbocycles. The number of unbranched alkanes of at least 4 members (excludes halogenated alkanes) is 3. The zero-order valence-corrected chi connectivity index (χ0v) is 26.1. The summed E-state index contributed by atoms with van der Waals surface area (Å²) in [6, 6.07) is 21.6. The second-order valence-electron chi connectivity index (χ2n) is 10.8. The molecule has 0 saturated carbocycles. The van der Waals surface area contributed by atoms with E-state index < -0.39 is 0 Å². The van der Waals surface area contributed by atoms with E-state index in [9.17, 15) is 0 Å². The van der Waals surface area contributed by atoms with Crippen LogP contribution in [0.2, 0.25) is 0 Å². The Labute approximate surface area is 254 Å². The molecule has 42 heavy (non-hydrogen) atoms. The Hall–Kier alpha value is -3.24. The van der Waals surface area contributed by atoms with Gasteiger partial charge < -0.3 is 14.2 Å². The van der Waals surface area contributed by atoms with Gasteiger partial charge in [-0.25, -0.2) is 0 Å². The molecule has 0 aliphatic heterocycles. The van der Waals surface area contributed by atoms with Gasteiger partial charge in [0.25, 0.3) is 0 Å². The lowest BCUT2D eigenvalue weighted by atomic mass is 9.91. The van der Waals surface area contributed by atoms with Crippen LogP contribution < -0.4 is 0 Å². The van der Waals surface area contributed by atoms with E-state index in [1.807, 2.05) is 18.2 Å². The van der Waals surface area contributed by atoms with Gasteiger partial charge in [-0.15, -0.1) is 0 Å². The summed E-state index contributed by atoms with van der Waals surface area (Å²) in [4.78, 5) is 0. The van der Waals surface area contributed by atoms with E-state index in [0.717, 1.165) is 89.6 Å². The lowest BCUT2D eigenvalue weighted by Gasteiger charge is -2.25. The van der Waals surface area contributed by atoms with Crippen molar-refractivity contribution in [1.82, 2.24) is 0 Å². The number of benzene rings is 3. The van der Waals surface area contributed by atoms with Crippen molar-refractivity contribution in [3.05, 3.63) is 125 Å². The summed E-state index contributed by atoms with van der Waals surface area (Å²) >= 11 is 0. The first-order valence-corrected chi connectivity index (χ1v) is 15.6. The molecule has 0 N–H and O–H groups in total. The number of hydrogen-bond donors (Lipinski definition) is 0. The summed E-state index contributed by atoms with van der Waals surface area (Å²) in [6.07, 6.45) is 11.6. The van der Waals surface area contributed by atoms with E-state index in [-0.39, 0.29) is 12.2 Å². The molecule has 3 nitrogen and oxygen atoms in total. The zero-order valence-electron chi connectivity index (χ0n) is 26.1. The summed E-state index contributed by atoms with van der Waals surface area (Å²) in [5.74, 6) is 0. The fraction of sp³-hybridized carbons (Fsp3) is 0.385. The van der Waals surface area contributed by atoms with E-state index in [2.05, 4.69) is 101 Å². The molecule has 3 aromatic carbocycles. The molecule has 0 radical (unpaired) electrons. The van der Waals surface area contributed by atoms with Crippen molar-refractivity contribution in [3.63, 3.8) is 0 Å². The predicted molar refractivity (Wildman–Crippen MR) is 180 cm³/mol. The fourth-order valence-corrected chi connectivity index (χ4v) is 5.07. The Morgan fingerprint density at radius 1 is 0.571 bits per heavy atom. The Bertz CT molecular complexity index is 1270. The molecule has 3 rings (SSSR count). The maximum atomic E-state index is 6.66. The summed E-state index contributed by atoms with van der Waals surface area (Å²) in [6.45, 7) is 21.4. The first-order valence-electron chi connectivity index (χ1n) is 15.6. The first kappa shape index (κ1) is 33.3. The summed E-state index contributed by atoms with van der Waals surface area (Å²) in [5, 5.41) is 0. The standard InChI is InChI=1S/C39H50O3/c1-7-13-15-21-42-38(34-18-16-17-30(10-4)23-34)36-25-32(12-6)26-37(28-36)39(41-20-14-8-2)35-24-31(11-5)22-33(27-35)29-40-19-9-3/h10-12,16-18,22-28,38-39H,4-9,13-15,19-21,29H2,1-3H3. The monoisotopic (exact) mass is 566 g/mol. The molecule has 224 valence electrons. The quantitative estimate of drug-likeness (QED) is 0.127. The fourth-order valence-electron chi connectivity index (χ4n) is 5.07. The van der Waals surface area contributed by atoms with Gasteiger partial charge in [0.2, 0.25) is 0 Å². The third-order valence-electron chi connectivity index (χ3n) is 7.30. The van der Waals surface area contributed by atoms with Crippen molar-refractivity contribution in [2.75, 3.05) is 19.8 Å². The topological polar surface area (TPSA) is 27.7 Å². The minimum Gasteiger partial charge on any atom is -0.377 e. The van der Waals surface area contributed by atoms with E-state index >= 15 is 0 Å². The lowest BCUT2D eigenvalue weighted by Crippen LogP contribution is -2.12. The number of rotatable bonds is 20. The molecule has 0 saturated heterocycles. The second kappa shape index (κ2) is 18.3. The van der Waals surface area contributed by atoms with Gasteiger partial charge in [-0.2, -0.15) is 0 Å². The molecule has 0 heterocycles. The molecule has 0 aromatic heterocycles. The Kier molecular flexibility index (Phi) is 14.5. The van der Waals surface area contributed by atoms with Crippen molar-refractivity contribution < 1.29 is 14.2 Å². The lowest BCUT2D eigenvalue weighted by molar-refractivity contribution is 0.0730. The first-order chi connectivity index (χ1) is 20.6. The van der Waals surface area contributed by atoms with Crippen LogP contribution in [-0.2, 0) is 20.8 Å². The maximum absolute atomic E-state index is 6.66. The molecule has 3 heteroatoms. The SMILES string of the molecule is C=Cc1cc(COCCC)cc(C(OCCCC)c2cc(C=C)cc(C(OCCCCC)c3cccc(C=C)c3)c2)c1. The van der Waals surface area contributed by atoms with Crippen LogP contribution in [0.25, 0.3) is 18.2 Å². The molecule has 2 atom stereocenters. The van der Waals surface area contributed by atoms with Crippen LogP contribution in [0.15, 0.2) is 80.4 Å². The summed E-state index contributed by atoms with van der Waals surface area (Å²) < 4.78 is 19.2. The van der Waals surface area contributed by atoms with Crippen LogP contribution in [0.5, 0.6) is 0 Å². The average molecular weight is 567 g/mol. The third-order valence-corrected chi connectivity index (χ3v) is 7.30. The van der Waals surface area contributed by atoms with Crippen LogP contribution in [-0.4, -0.2) is 19.8 Å². The zero-order chi connectivity index (χ0) is 30.2. The minimum absolute atomic E-state index is 0.214. The largest absolute Gasteiger partial charge is 0.377 e. The molecular formula is C39H50O3. The molecule has 0 bridgehead atoms. The molecule has 3 aromatic rings. The number of hydrogen-bond acceptors (Lipinski definition) is 3. The molecule has 2 unspecified atom stereocenters. The summed E-state index contributed by atoms with van der Waals surface area (Å²) in [7, 11) is 0. The van der Waals surface area contributed by atoms with Crippen LogP contribution in [0, 0.1) is 0 Å². The van der Waals surface area contributed by atoms with Gasteiger partial charge >= 0.3 is 0 Å². The normalized spacial score (nSPS) is 12.5. The van der Waals surface area contributed by atoms with Gasteiger partial charge in [0.15, 0.2) is 0 Å². The highest BCUT2D eigenvalue weighted by Gasteiger charge is 2.22. The maximum Gasteiger partial charge on any atom is 0.108 e. The highest BCUT2D eigenvalue weighted by molar-refractivity contribution is 5.55. The van der Waals surface area contributed by atoms with Gasteiger partial charge in [0.05, 0.1) is 6.61 Å². The van der Waals surface area contributed by atoms with E-state index in [1.54, 1.807) is 0 Å². The van der Waals surface area contributed by atoms with Crippen molar-refractivity contribution in [2.45, 2.75) is 78.1 Å². The molecule has 0 amide bonds. The van der Waals surface area contributed by atoms with Crippen molar-refractivity contribution in [2.24, 2.45) is 0 Å². The van der Waals surface area contributed by atoms with E-state index in [1.165, 1.54) is 0 Å². The van der Waals surface area contributed by atoms with Crippen LogP contribution >= 0.6 is 0 Å². The van der Waals surface area contributed by atoms with Gasteiger partial charge in [-0.1, -0.05) is 102 Å². The van der Waals surface area contributed by atoms with Crippen molar-refractivity contribution in [3.8, 4) is 0 Å². The van der Waals surface area contributed by atoms with Crippen molar-refractivity contribution in [1.29, 1.82) is 0 Å². The molecule has 0 aliphatic rings. The Morgan fingerprint density at radius 2 is 1.14 bits per heavy atom. The van der Waals surface area contributed by atoms with Gasteiger partial charge in [0, 0.05) is 19.8 Å². The van der Waals surface area contributed by atoms with Gasteiger partial charge in [0.1, 0.15) is 12.2 Å². The minimum atomic E-state index is -0.250. The van der Waals surface area contributed by atoms with Crippen LogP contribution in [0.4, 0.5) is 0 Å². The third kappa shape index (κ3) is 9.94.